The first-order valence-corrected chi connectivity index (χ1v) is 8.05. The van der Waals surface area contributed by atoms with Crippen molar-refractivity contribution in [3.8, 4) is 0 Å². The molecule has 3 heterocycles. The molecule has 0 unspecified atom stereocenters. The monoisotopic (exact) mass is 350 g/mol. The molecule has 6 heteroatoms. The molecule has 0 radical (unpaired) electrons. The van der Waals surface area contributed by atoms with Gasteiger partial charge in [-0.15, -0.1) is 0 Å². The number of rotatable bonds is 5. The third-order valence-electron chi connectivity index (χ3n) is 3.88. The summed E-state index contributed by atoms with van der Waals surface area (Å²) >= 11 is 3.51. The first-order chi connectivity index (χ1) is 10.3. The van der Waals surface area contributed by atoms with Gasteiger partial charge < -0.3 is 14.6 Å². The number of aromatic nitrogens is 3. The van der Waals surface area contributed by atoms with Crippen LogP contribution in [-0.2, 0) is 11.3 Å². The van der Waals surface area contributed by atoms with E-state index in [1.807, 2.05) is 18.5 Å². The average molecular weight is 351 g/mol. The molecule has 1 aliphatic rings. The van der Waals surface area contributed by atoms with Crippen molar-refractivity contribution < 1.29 is 4.74 Å². The summed E-state index contributed by atoms with van der Waals surface area (Å²) in [5.74, 6) is 1.47. The van der Waals surface area contributed by atoms with Crippen LogP contribution in [0, 0.1) is 5.92 Å². The van der Waals surface area contributed by atoms with Crippen molar-refractivity contribution in [2.75, 3.05) is 18.5 Å². The summed E-state index contributed by atoms with van der Waals surface area (Å²) in [5.41, 5.74) is 1.06. The molecule has 1 aliphatic heterocycles. The molecule has 1 N–H and O–H groups in total. The van der Waals surface area contributed by atoms with Crippen LogP contribution in [0.15, 0.2) is 35.3 Å². The highest BCUT2D eigenvalue weighted by Crippen LogP contribution is 2.34. The summed E-state index contributed by atoms with van der Waals surface area (Å²) in [4.78, 5) is 8.56. The van der Waals surface area contributed by atoms with Gasteiger partial charge in [0.2, 0.25) is 0 Å². The average Bonchev–Trinajstić information content (AvgIpc) is 3.14. The highest BCUT2D eigenvalue weighted by Gasteiger charge is 2.32. The van der Waals surface area contributed by atoms with E-state index >= 15 is 0 Å². The van der Waals surface area contributed by atoms with Gasteiger partial charge in [-0.2, -0.15) is 0 Å². The predicted octanol–water partition coefficient (Wildman–Crippen LogP) is 3.25. The number of hydrogen-bond acceptors (Lipinski definition) is 4. The van der Waals surface area contributed by atoms with Crippen molar-refractivity contribution in [1.29, 1.82) is 0 Å². The van der Waals surface area contributed by atoms with Crippen LogP contribution in [0.25, 0.3) is 0 Å². The van der Waals surface area contributed by atoms with Gasteiger partial charge >= 0.3 is 0 Å². The van der Waals surface area contributed by atoms with Crippen molar-refractivity contribution in [3.63, 3.8) is 0 Å². The van der Waals surface area contributed by atoms with E-state index in [-0.39, 0.29) is 6.10 Å². The molecule has 21 heavy (non-hydrogen) atoms. The lowest BCUT2D eigenvalue weighted by Crippen LogP contribution is -2.20. The Morgan fingerprint density at radius 2 is 2.38 bits per heavy atom. The molecular weight excluding hydrogens is 332 g/mol. The number of halogens is 1. The normalized spacial score (nSPS) is 21.6. The van der Waals surface area contributed by atoms with Gasteiger partial charge in [-0.1, -0.05) is 0 Å². The number of aryl methyl sites for hydroxylation is 1. The number of ether oxygens (including phenoxy) is 1. The Labute approximate surface area is 132 Å². The second kappa shape index (κ2) is 6.58. The molecule has 5 nitrogen and oxygen atoms in total. The maximum atomic E-state index is 5.92. The Morgan fingerprint density at radius 3 is 3.19 bits per heavy atom. The number of nitrogens with one attached hydrogen (secondary N) is 1. The van der Waals surface area contributed by atoms with Crippen molar-refractivity contribution in [2.24, 2.45) is 5.92 Å². The standard InChI is InChI=1S/C15H19BrN4O/c1-2-20-7-6-18-15(20)14-11(4-8-21-14)9-19-13-3-5-17-10-12(13)16/h3,5-7,10-11,14H,2,4,8-9H2,1H3,(H,17,19)/t11-,14+/m0/s1. The molecule has 1 saturated heterocycles. The van der Waals surface area contributed by atoms with Crippen molar-refractivity contribution in [1.82, 2.24) is 14.5 Å². The maximum Gasteiger partial charge on any atom is 0.138 e. The molecule has 0 bridgehead atoms. The fraction of sp³-hybridized carbons (Fsp3) is 0.467. The van der Waals surface area contributed by atoms with Crippen LogP contribution in [0.4, 0.5) is 5.69 Å². The Kier molecular flexibility index (Phi) is 4.55. The Hall–Kier alpha value is -1.40. The minimum absolute atomic E-state index is 0.0769. The SMILES string of the molecule is CCn1ccnc1[C@@H]1OCC[C@H]1CNc1ccncc1Br. The molecule has 112 valence electrons. The smallest absolute Gasteiger partial charge is 0.138 e. The van der Waals surface area contributed by atoms with Crippen LogP contribution in [0.5, 0.6) is 0 Å². The summed E-state index contributed by atoms with van der Waals surface area (Å²) in [6.07, 6.45) is 8.59. The first kappa shape index (κ1) is 14.5. The van der Waals surface area contributed by atoms with E-state index in [0.717, 1.165) is 42.1 Å². The van der Waals surface area contributed by atoms with Crippen LogP contribution in [0.3, 0.4) is 0 Å². The van der Waals surface area contributed by atoms with Gasteiger partial charge in [0, 0.05) is 50.4 Å². The van der Waals surface area contributed by atoms with Gasteiger partial charge in [0.05, 0.1) is 10.2 Å². The summed E-state index contributed by atoms with van der Waals surface area (Å²) < 4.78 is 9.06. The fourth-order valence-corrected chi connectivity index (χ4v) is 3.12. The lowest BCUT2D eigenvalue weighted by Gasteiger charge is -2.20. The third-order valence-corrected chi connectivity index (χ3v) is 4.52. The quantitative estimate of drug-likeness (QED) is 0.899. The summed E-state index contributed by atoms with van der Waals surface area (Å²) in [7, 11) is 0. The molecule has 3 rings (SSSR count). The maximum absolute atomic E-state index is 5.92. The van der Waals surface area contributed by atoms with Crippen LogP contribution in [-0.4, -0.2) is 27.7 Å². The predicted molar refractivity (Wildman–Crippen MR) is 85.1 cm³/mol. The lowest BCUT2D eigenvalue weighted by molar-refractivity contribution is 0.0832. The summed E-state index contributed by atoms with van der Waals surface area (Å²) in [6, 6.07) is 1.97. The van der Waals surface area contributed by atoms with Gasteiger partial charge in [0.1, 0.15) is 11.9 Å². The van der Waals surface area contributed by atoms with E-state index in [1.54, 1.807) is 12.4 Å². The second-order valence-corrected chi connectivity index (χ2v) is 6.00. The van der Waals surface area contributed by atoms with Gasteiger partial charge in [-0.3, -0.25) is 4.98 Å². The number of anilines is 1. The minimum Gasteiger partial charge on any atom is -0.384 e. The molecule has 0 aromatic carbocycles. The molecule has 2 aromatic rings. The summed E-state index contributed by atoms with van der Waals surface area (Å²) in [6.45, 7) is 4.71. The highest BCUT2D eigenvalue weighted by atomic mass is 79.9. The van der Waals surface area contributed by atoms with Crippen LogP contribution in [0.1, 0.15) is 25.3 Å². The van der Waals surface area contributed by atoms with Crippen LogP contribution in [0.2, 0.25) is 0 Å². The van der Waals surface area contributed by atoms with E-state index in [4.69, 9.17) is 4.74 Å². The van der Waals surface area contributed by atoms with E-state index in [9.17, 15) is 0 Å². The van der Waals surface area contributed by atoms with Crippen LogP contribution >= 0.6 is 15.9 Å². The zero-order chi connectivity index (χ0) is 14.7. The van der Waals surface area contributed by atoms with E-state index in [1.165, 1.54) is 0 Å². The Balaban J connectivity index is 1.69. The summed E-state index contributed by atoms with van der Waals surface area (Å²) in [5, 5.41) is 3.48. The van der Waals surface area contributed by atoms with Gasteiger partial charge in [0.25, 0.3) is 0 Å². The molecular formula is C15H19BrN4O. The lowest BCUT2D eigenvalue weighted by atomic mass is 10.0. The number of pyridine rings is 1. The Morgan fingerprint density at radius 1 is 1.48 bits per heavy atom. The van der Waals surface area contributed by atoms with E-state index in [2.05, 4.69) is 42.7 Å². The molecule has 0 spiro atoms. The zero-order valence-corrected chi connectivity index (χ0v) is 13.6. The van der Waals surface area contributed by atoms with Gasteiger partial charge in [-0.25, -0.2) is 4.98 Å². The number of hydrogen-bond donors (Lipinski definition) is 1. The molecule has 2 aromatic heterocycles. The zero-order valence-electron chi connectivity index (χ0n) is 12.0. The second-order valence-electron chi connectivity index (χ2n) is 5.15. The molecule has 2 atom stereocenters. The number of imidazole rings is 1. The van der Waals surface area contributed by atoms with Gasteiger partial charge in [0.15, 0.2) is 0 Å². The van der Waals surface area contributed by atoms with Gasteiger partial charge in [-0.05, 0) is 35.3 Å². The Bertz CT molecular complexity index is 601. The topological polar surface area (TPSA) is 52.0 Å². The molecule has 0 amide bonds. The largest absolute Gasteiger partial charge is 0.384 e. The number of nitrogens with zero attached hydrogens (tertiary/aromatic N) is 3. The third kappa shape index (κ3) is 3.11. The minimum atomic E-state index is 0.0769. The highest BCUT2D eigenvalue weighted by molar-refractivity contribution is 9.10. The van der Waals surface area contributed by atoms with E-state index < -0.39 is 0 Å². The van der Waals surface area contributed by atoms with Crippen LogP contribution < -0.4 is 5.32 Å². The van der Waals surface area contributed by atoms with Crippen molar-refractivity contribution in [3.05, 3.63) is 41.2 Å². The molecule has 0 saturated carbocycles. The molecule has 1 fully saturated rings. The van der Waals surface area contributed by atoms with Crippen molar-refractivity contribution in [2.45, 2.75) is 26.0 Å². The molecule has 0 aliphatic carbocycles. The first-order valence-electron chi connectivity index (χ1n) is 7.25. The van der Waals surface area contributed by atoms with E-state index in [0.29, 0.717) is 5.92 Å². The fourth-order valence-electron chi connectivity index (χ4n) is 2.73. The van der Waals surface area contributed by atoms with Crippen molar-refractivity contribution >= 4 is 21.6 Å².